The van der Waals surface area contributed by atoms with E-state index in [4.69, 9.17) is 5.73 Å². The van der Waals surface area contributed by atoms with Crippen molar-refractivity contribution in [3.8, 4) is 0 Å². The monoisotopic (exact) mass is 271 g/mol. The molecule has 0 saturated heterocycles. The van der Waals surface area contributed by atoms with Gasteiger partial charge in [0.2, 0.25) is 10.0 Å². The van der Waals surface area contributed by atoms with E-state index in [1.165, 1.54) is 0 Å². The molecule has 1 rings (SSSR count). The first-order chi connectivity index (χ1) is 8.44. The molecule has 0 bridgehead atoms. The molecule has 1 amide bonds. The Labute approximate surface area is 107 Å². The minimum Gasteiger partial charge on any atom is -0.399 e. The number of carbonyl (C=O) groups excluding carboxylic acids is 1. The molecule has 1 aromatic carbocycles. The van der Waals surface area contributed by atoms with Crippen molar-refractivity contribution < 1.29 is 13.2 Å². The summed E-state index contributed by atoms with van der Waals surface area (Å²) in [5, 5.41) is 2.61. The Morgan fingerprint density at radius 3 is 2.39 bits per heavy atom. The molecule has 0 unspecified atom stereocenters. The van der Waals surface area contributed by atoms with Gasteiger partial charge in [-0.1, -0.05) is 0 Å². The Morgan fingerprint density at radius 2 is 1.83 bits per heavy atom. The van der Waals surface area contributed by atoms with Gasteiger partial charge in [0.05, 0.1) is 5.75 Å². The summed E-state index contributed by atoms with van der Waals surface area (Å²) < 4.78 is 24.6. The van der Waals surface area contributed by atoms with Crippen LogP contribution in [0.25, 0.3) is 0 Å². The summed E-state index contributed by atoms with van der Waals surface area (Å²) >= 11 is 0. The number of hydrogen-bond donors (Lipinski definition) is 3. The number of nitrogens with two attached hydrogens (primary N) is 1. The third-order valence-corrected chi connectivity index (χ3v) is 3.69. The Hall–Kier alpha value is -1.60. The molecule has 7 heteroatoms. The number of sulfonamides is 1. The minimum atomic E-state index is -3.21. The zero-order chi connectivity index (χ0) is 13.6. The van der Waals surface area contributed by atoms with Crippen LogP contribution in [0.15, 0.2) is 24.3 Å². The van der Waals surface area contributed by atoms with Gasteiger partial charge in [-0.25, -0.2) is 13.1 Å². The molecule has 100 valence electrons. The van der Waals surface area contributed by atoms with E-state index in [1.807, 2.05) is 0 Å². The van der Waals surface area contributed by atoms with Crippen LogP contribution in [-0.2, 0) is 10.0 Å². The Balaban J connectivity index is 2.36. The van der Waals surface area contributed by atoms with Gasteiger partial charge in [-0.2, -0.15) is 0 Å². The molecule has 0 spiro atoms. The highest BCUT2D eigenvalue weighted by Gasteiger charge is 2.07. The van der Waals surface area contributed by atoms with Crippen molar-refractivity contribution >= 4 is 21.6 Å². The van der Waals surface area contributed by atoms with Gasteiger partial charge in [-0.05, 0) is 31.2 Å². The van der Waals surface area contributed by atoms with Gasteiger partial charge in [0.25, 0.3) is 5.91 Å². The van der Waals surface area contributed by atoms with Gasteiger partial charge in [0.1, 0.15) is 0 Å². The fraction of sp³-hybridized carbons (Fsp3) is 0.364. The van der Waals surface area contributed by atoms with E-state index in [1.54, 1.807) is 31.2 Å². The highest BCUT2D eigenvalue weighted by atomic mass is 32.2. The lowest BCUT2D eigenvalue weighted by Gasteiger charge is -2.06. The van der Waals surface area contributed by atoms with Crippen molar-refractivity contribution in [1.82, 2.24) is 10.0 Å². The predicted molar refractivity (Wildman–Crippen MR) is 70.7 cm³/mol. The molecule has 0 atom stereocenters. The molecule has 0 aliphatic heterocycles. The van der Waals surface area contributed by atoms with Gasteiger partial charge >= 0.3 is 0 Å². The van der Waals surface area contributed by atoms with Gasteiger partial charge in [0.15, 0.2) is 0 Å². The van der Waals surface area contributed by atoms with E-state index in [0.29, 0.717) is 11.3 Å². The molecule has 0 aromatic heterocycles. The van der Waals surface area contributed by atoms with Crippen molar-refractivity contribution in [2.24, 2.45) is 0 Å². The van der Waals surface area contributed by atoms with E-state index >= 15 is 0 Å². The molecule has 4 N–H and O–H groups in total. The van der Waals surface area contributed by atoms with Crippen LogP contribution in [-0.4, -0.2) is 33.2 Å². The van der Waals surface area contributed by atoms with Crippen molar-refractivity contribution in [1.29, 1.82) is 0 Å². The quantitative estimate of drug-likeness (QED) is 0.498. The van der Waals surface area contributed by atoms with Gasteiger partial charge in [-0.15, -0.1) is 0 Å². The third-order valence-electron chi connectivity index (χ3n) is 2.29. The molecule has 0 heterocycles. The average molecular weight is 271 g/mol. The zero-order valence-electron chi connectivity index (χ0n) is 10.1. The summed E-state index contributed by atoms with van der Waals surface area (Å²) in [7, 11) is -3.21. The van der Waals surface area contributed by atoms with E-state index < -0.39 is 10.0 Å². The molecular weight excluding hydrogens is 254 g/mol. The second-order valence-electron chi connectivity index (χ2n) is 3.68. The first kappa shape index (κ1) is 14.5. The smallest absolute Gasteiger partial charge is 0.251 e. The van der Waals surface area contributed by atoms with E-state index in [-0.39, 0.29) is 24.7 Å². The van der Waals surface area contributed by atoms with Gasteiger partial charge < -0.3 is 11.1 Å². The fourth-order valence-corrected chi connectivity index (χ4v) is 1.84. The summed E-state index contributed by atoms with van der Waals surface area (Å²) in [6, 6.07) is 6.49. The van der Waals surface area contributed by atoms with Crippen molar-refractivity contribution in [3.63, 3.8) is 0 Å². The highest BCUT2D eigenvalue weighted by Crippen LogP contribution is 2.04. The lowest BCUT2D eigenvalue weighted by Crippen LogP contribution is -2.35. The maximum Gasteiger partial charge on any atom is 0.251 e. The van der Waals surface area contributed by atoms with E-state index in [9.17, 15) is 13.2 Å². The van der Waals surface area contributed by atoms with E-state index in [2.05, 4.69) is 10.0 Å². The maximum absolute atomic E-state index is 11.6. The molecule has 1 aromatic rings. The lowest BCUT2D eigenvalue weighted by molar-refractivity contribution is 0.0954. The van der Waals surface area contributed by atoms with Crippen molar-refractivity contribution in [3.05, 3.63) is 29.8 Å². The number of hydrogen-bond acceptors (Lipinski definition) is 4. The highest BCUT2D eigenvalue weighted by molar-refractivity contribution is 7.89. The normalized spacial score (nSPS) is 11.2. The number of rotatable bonds is 6. The first-order valence-electron chi connectivity index (χ1n) is 5.55. The summed E-state index contributed by atoms with van der Waals surface area (Å²) in [6.45, 7) is 1.97. The van der Waals surface area contributed by atoms with E-state index in [0.717, 1.165) is 0 Å². The topological polar surface area (TPSA) is 101 Å². The molecule has 6 nitrogen and oxygen atoms in total. The minimum absolute atomic E-state index is 0.0267. The van der Waals surface area contributed by atoms with Crippen LogP contribution in [0.4, 0.5) is 5.69 Å². The number of amides is 1. The third kappa shape index (κ3) is 4.72. The van der Waals surface area contributed by atoms with Crippen LogP contribution in [0.2, 0.25) is 0 Å². The van der Waals surface area contributed by atoms with Gasteiger partial charge in [-0.3, -0.25) is 4.79 Å². The molecule has 0 radical (unpaired) electrons. The standard InChI is InChI=1S/C11H17N3O3S/c1-2-18(16,17)14-8-7-13-11(15)9-3-5-10(12)6-4-9/h3-6,14H,2,7-8,12H2,1H3,(H,13,15). The summed E-state index contributed by atoms with van der Waals surface area (Å²) in [4.78, 5) is 11.6. The Bertz CT molecular complexity index is 497. The summed E-state index contributed by atoms with van der Waals surface area (Å²) in [6.07, 6.45) is 0. The SMILES string of the molecule is CCS(=O)(=O)NCCNC(=O)c1ccc(N)cc1. The number of benzene rings is 1. The number of anilines is 1. The summed E-state index contributed by atoms with van der Waals surface area (Å²) in [5.41, 5.74) is 6.58. The second-order valence-corrected chi connectivity index (χ2v) is 5.77. The van der Waals surface area contributed by atoms with Crippen molar-refractivity contribution in [2.75, 3.05) is 24.6 Å². The van der Waals surface area contributed by atoms with Crippen LogP contribution in [0.5, 0.6) is 0 Å². The second kappa shape index (κ2) is 6.36. The molecule has 0 aliphatic rings. The number of nitrogen functional groups attached to an aromatic ring is 1. The van der Waals surface area contributed by atoms with Crippen LogP contribution in [0.1, 0.15) is 17.3 Å². The lowest BCUT2D eigenvalue weighted by atomic mass is 10.2. The molecule has 0 aliphatic carbocycles. The molecular formula is C11H17N3O3S. The first-order valence-corrected chi connectivity index (χ1v) is 7.21. The van der Waals surface area contributed by atoms with Crippen LogP contribution >= 0.6 is 0 Å². The molecule has 18 heavy (non-hydrogen) atoms. The number of carbonyl (C=O) groups is 1. The number of nitrogens with one attached hydrogen (secondary N) is 2. The van der Waals surface area contributed by atoms with Gasteiger partial charge in [0, 0.05) is 24.3 Å². The molecule has 0 saturated carbocycles. The van der Waals surface area contributed by atoms with Crippen LogP contribution in [0, 0.1) is 0 Å². The maximum atomic E-state index is 11.6. The Morgan fingerprint density at radius 1 is 1.22 bits per heavy atom. The fourth-order valence-electron chi connectivity index (χ4n) is 1.22. The average Bonchev–Trinajstić information content (AvgIpc) is 2.35. The summed E-state index contributed by atoms with van der Waals surface area (Å²) in [5.74, 6) is -0.232. The predicted octanol–water partition coefficient (Wildman–Crippen LogP) is -0.0621. The van der Waals surface area contributed by atoms with Crippen molar-refractivity contribution in [2.45, 2.75) is 6.92 Å². The largest absolute Gasteiger partial charge is 0.399 e. The zero-order valence-corrected chi connectivity index (χ0v) is 11.0. The molecule has 0 fully saturated rings. The van der Waals surface area contributed by atoms with Crippen LogP contribution < -0.4 is 15.8 Å². The van der Waals surface area contributed by atoms with Crippen LogP contribution in [0.3, 0.4) is 0 Å². The Kier molecular flexibility index (Phi) is 5.11.